The van der Waals surface area contributed by atoms with E-state index >= 15 is 0 Å². The van der Waals surface area contributed by atoms with Crippen molar-refractivity contribution in [2.24, 2.45) is 0 Å². The highest BCUT2D eigenvalue weighted by Crippen LogP contribution is 2.12. The molecule has 0 saturated carbocycles. The highest BCUT2D eigenvalue weighted by Gasteiger charge is 2.17. The SMILES string of the molecule is Cc1[nH]ncc1C(=O)N(C)c1ccccn1. The molecule has 0 spiro atoms. The molecule has 1 amide bonds. The normalized spacial score (nSPS) is 10.1. The van der Waals surface area contributed by atoms with Gasteiger partial charge in [-0.1, -0.05) is 6.07 Å². The largest absolute Gasteiger partial charge is 0.296 e. The first-order valence-electron chi connectivity index (χ1n) is 4.89. The fraction of sp³-hybridized carbons (Fsp3) is 0.182. The Morgan fingerprint density at radius 2 is 2.25 bits per heavy atom. The Bertz CT molecular complexity index is 492. The van der Waals surface area contributed by atoms with Crippen LogP contribution in [0.25, 0.3) is 0 Å². The molecule has 2 aromatic rings. The van der Waals surface area contributed by atoms with Crippen LogP contribution in [0.3, 0.4) is 0 Å². The summed E-state index contributed by atoms with van der Waals surface area (Å²) in [5, 5.41) is 6.56. The lowest BCUT2D eigenvalue weighted by atomic mass is 10.2. The van der Waals surface area contributed by atoms with Gasteiger partial charge in [0.15, 0.2) is 0 Å². The van der Waals surface area contributed by atoms with Gasteiger partial charge in [0.1, 0.15) is 5.82 Å². The average Bonchev–Trinajstić information content (AvgIpc) is 2.75. The van der Waals surface area contributed by atoms with Crippen LogP contribution in [0.2, 0.25) is 0 Å². The second-order valence-electron chi connectivity index (χ2n) is 3.46. The number of aryl methyl sites for hydroxylation is 1. The summed E-state index contributed by atoms with van der Waals surface area (Å²) in [5.74, 6) is 0.498. The second kappa shape index (κ2) is 4.14. The van der Waals surface area contributed by atoms with E-state index in [4.69, 9.17) is 0 Å². The van der Waals surface area contributed by atoms with Crippen molar-refractivity contribution in [3.05, 3.63) is 41.9 Å². The smallest absolute Gasteiger partial charge is 0.262 e. The number of H-pyrrole nitrogens is 1. The molecular formula is C11H12N4O. The third-order valence-electron chi connectivity index (χ3n) is 2.36. The van der Waals surface area contributed by atoms with Gasteiger partial charge in [0.25, 0.3) is 5.91 Å². The Kier molecular flexibility index (Phi) is 2.68. The van der Waals surface area contributed by atoms with E-state index in [0.29, 0.717) is 11.4 Å². The summed E-state index contributed by atoms with van der Waals surface area (Å²) >= 11 is 0. The molecule has 2 heterocycles. The van der Waals surface area contributed by atoms with Crippen LogP contribution >= 0.6 is 0 Å². The van der Waals surface area contributed by atoms with E-state index in [1.165, 1.54) is 11.1 Å². The molecule has 16 heavy (non-hydrogen) atoms. The Labute approximate surface area is 93.1 Å². The van der Waals surface area contributed by atoms with E-state index in [0.717, 1.165) is 5.69 Å². The lowest BCUT2D eigenvalue weighted by molar-refractivity contribution is 0.0992. The van der Waals surface area contributed by atoms with Crippen LogP contribution in [0.4, 0.5) is 5.82 Å². The van der Waals surface area contributed by atoms with Crippen molar-refractivity contribution < 1.29 is 4.79 Å². The fourth-order valence-corrected chi connectivity index (χ4v) is 1.40. The molecule has 2 aromatic heterocycles. The van der Waals surface area contributed by atoms with Gasteiger partial charge in [-0.3, -0.25) is 14.8 Å². The highest BCUT2D eigenvalue weighted by molar-refractivity contribution is 6.05. The number of aromatic nitrogens is 3. The van der Waals surface area contributed by atoms with Gasteiger partial charge in [0.05, 0.1) is 11.8 Å². The maximum atomic E-state index is 12.1. The molecule has 0 fully saturated rings. The van der Waals surface area contributed by atoms with E-state index in [1.807, 2.05) is 19.1 Å². The molecule has 0 aliphatic rings. The molecule has 0 bridgehead atoms. The molecule has 5 nitrogen and oxygen atoms in total. The summed E-state index contributed by atoms with van der Waals surface area (Å²) in [5.41, 5.74) is 1.32. The van der Waals surface area contributed by atoms with E-state index in [1.54, 1.807) is 19.3 Å². The molecule has 2 rings (SSSR count). The number of hydrogen-bond donors (Lipinski definition) is 1. The average molecular weight is 216 g/mol. The molecular weight excluding hydrogens is 204 g/mol. The first-order valence-corrected chi connectivity index (χ1v) is 4.89. The Morgan fingerprint density at radius 3 is 2.81 bits per heavy atom. The van der Waals surface area contributed by atoms with Crippen LogP contribution in [0.1, 0.15) is 16.1 Å². The van der Waals surface area contributed by atoms with Crippen molar-refractivity contribution in [3.63, 3.8) is 0 Å². The summed E-state index contributed by atoms with van der Waals surface area (Å²) in [4.78, 5) is 17.7. The van der Waals surface area contributed by atoms with Crippen LogP contribution in [0.5, 0.6) is 0 Å². The van der Waals surface area contributed by atoms with E-state index in [-0.39, 0.29) is 5.91 Å². The molecule has 0 saturated heterocycles. The first-order chi connectivity index (χ1) is 7.70. The molecule has 5 heteroatoms. The van der Waals surface area contributed by atoms with Gasteiger partial charge >= 0.3 is 0 Å². The number of anilines is 1. The van der Waals surface area contributed by atoms with Crippen LogP contribution in [0, 0.1) is 6.92 Å². The molecule has 0 radical (unpaired) electrons. The van der Waals surface area contributed by atoms with E-state index in [9.17, 15) is 4.79 Å². The van der Waals surface area contributed by atoms with Gasteiger partial charge in [-0.25, -0.2) is 4.98 Å². The summed E-state index contributed by atoms with van der Waals surface area (Å²) in [6.45, 7) is 1.81. The van der Waals surface area contributed by atoms with Crippen molar-refractivity contribution in [1.82, 2.24) is 15.2 Å². The quantitative estimate of drug-likeness (QED) is 0.825. The monoisotopic (exact) mass is 216 g/mol. The van der Waals surface area contributed by atoms with Crippen molar-refractivity contribution in [3.8, 4) is 0 Å². The van der Waals surface area contributed by atoms with Crippen LogP contribution in [-0.4, -0.2) is 28.1 Å². The molecule has 82 valence electrons. The van der Waals surface area contributed by atoms with Gasteiger partial charge in [-0.15, -0.1) is 0 Å². The number of carbonyl (C=O) groups excluding carboxylic acids is 1. The third-order valence-corrected chi connectivity index (χ3v) is 2.36. The number of amides is 1. The summed E-state index contributed by atoms with van der Waals surface area (Å²) in [6.07, 6.45) is 3.18. The van der Waals surface area contributed by atoms with Gasteiger partial charge in [-0.2, -0.15) is 5.10 Å². The van der Waals surface area contributed by atoms with Crippen LogP contribution in [0.15, 0.2) is 30.6 Å². The predicted octanol–water partition coefficient (Wildman–Crippen LogP) is 1.39. The zero-order chi connectivity index (χ0) is 11.5. The minimum absolute atomic E-state index is 0.120. The summed E-state index contributed by atoms with van der Waals surface area (Å²) in [7, 11) is 1.69. The lowest BCUT2D eigenvalue weighted by Gasteiger charge is -2.15. The first kappa shape index (κ1) is 10.4. The number of carbonyl (C=O) groups is 1. The zero-order valence-electron chi connectivity index (χ0n) is 9.14. The van der Waals surface area contributed by atoms with Gasteiger partial charge in [0, 0.05) is 18.9 Å². The van der Waals surface area contributed by atoms with Crippen LogP contribution < -0.4 is 4.90 Å². The maximum absolute atomic E-state index is 12.1. The summed E-state index contributed by atoms with van der Waals surface area (Å²) in [6, 6.07) is 5.44. The second-order valence-corrected chi connectivity index (χ2v) is 3.46. The van der Waals surface area contributed by atoms with E-state index in [2.05, 4.69) is 15.2 Å². The predicted molar refractivity (Wildman–Crippen MR) is 60.3 cm³/mol. The standard InChI is InChI=1S/C11H12N4O/c1-8-9(7-13-14-8)11(16)15(2)10-5-3-4-6-12-10/h3-7H,1-2H3,(H,13,14). The molecule has 0 aliphatic carbocycles. The number of nitrogens with one attached hydrogen (secondary N) is 1. The number of rotatable bonds is 2. The molecule has 0 unspecified atom stereocenters. The lowest BCUT2D eigenvalue weighted by Crippen LogP contribution is -2.27. The highest BCUT2D eigenvalue weighted by atomic mass is 16.2. The minimum Gasteiger partial charge on any atom is -0.296 e. The van der Waals surface area contributed by atoms with Crippen molar-refractivity contribution >= 4 is 11.7 Å². The van der Waals surface area contributed by atoms with Crippen molar-refractivity contribution in [2.45, 2.75) is 6.92 Å². The van der Waals surface area contributed by atoms with Crippen molar-refractivity contribution in [2.75, 3.05) is 11.9 Å². The minimum atomic E-state index is -0.120. The number of pyridine rings is 1. The van der Waals surface area contributed by atoms with Crippen molar-refractivity contribution in [1.29, 1.82) is 0 Å². The molecule has 1 N–H and O–H groups in total. The molecule has 0 atom stereocenters. The van der Waals surface area contributed by atoms with Gasteiger partial charge < -0.3 is 0 Å². The molecule has 0 aliphatic heterocycles. The maximum Gasteiger partial charge on any atom is 0.262 e. The Hall–Kier alpha value is -2.17. The van der Waals surface area contributed by atoms with Gasteiger partial charge in [0.2, 0.25) is 0 Å². The van der Waals surface area contributed by atoms with Gasteiger partial charge in [-0.05, 0) is 19.1 Å². The Balaban J connectivity index is 2.27. The number of nitrogens with zero attached hydrogens (tertiary/aromatic N) is 3. The van der Waals surface area contributed by atoms with Crippen LogP contribution in [-0.2, 0) is 0 Å². The Morgan fingerprint density at radius 1 is 1.44 bits per heavy atom. The third kappa shape index (κ3) is 1.79. The summed E-state index contributed by atoms with van der Waals surface area (Å²) < 4.78 is 0. The zero-order valence-corrected chi connectivity index (χ0v) is 9.14. The number of hydrogen-bond acceptors (Lipinski definition) is 3. The van der Waals surface area contributed by atoms with E-state index < -0.39 is 0 Å². The molecule has 0 aromatic carbocycles. The topological polar surface area (TPSA) is 61.9 Å². The number of aromatic amines is 1. The fourth-order valence-electron chi connectivity index (χ4n) is 1.40.